The van der Waals surface area contributed by atoms with Crippen LogP contribution in [0.3, 0.4) is 0 Å². The van der Waals surface area contributed by atoms with Crippen LogP contribution in [-0.4, -0.2) is 22.6 Å². The van der Waals surface area contributed by atoms with Gasteiger partial charge in [0.15, 0.2) is 0 Å². The molecule has 176 valence electrons. The van der Waals surface area contributed by atoms with Crippen LogP contribution in [0.4, 0.5) is 0 Å². The largest absolute Gasteiger partial charge is 0.481 e. The highest BCUT2D eigenvalue weighted by atomic mass is 16.6. The van der Waals surface area contributed by atoms with E-state index in [4.69, 9.17) is 9.47 Å². The van der Waals surface area contributed by atoms with Crippen LogP contribution in [0.1, 0.15) is 52.5 Å². The fourth-order valence-electron chi connectivity index (χ4n) is 4.45. The Hall–Kier alpha value is -3.77. The lowest BCUT2D eigenvalue weighted by Crippen LogP contribution is -2.29. The Morgan fingerprint density at radius 2 is 1.76 bits per heavy atom. The number of para-hydroxylation sites is 1. The number of nitriles is 1. The van der Waals surface area contributed by atoms with Crippen LogP contribution in [0.15, 0.2) is 54.6 Å². The average Bonchev–Trinajstić information content (AvgIpc) is 3.29. The number of hydrogen-bond donors (Lipinski definition) is 1. The normalized spacial score (nSPS) is 21.2. The first-order valence-electron chi connectivity index (χ1n) is 11.2. The number of nitrogens with zero attached hydrogens (tertiary/aromatic N) is 1. The first-order valence-corrected chi connectivity index (χ1v) is 11.2. The summed E-state index contributed by atoms with van der Waals surface area (Å²) in [6.45, 7) is 8.98. The molecule has 3 atom stereocenters. The smallest absolute Gasteiger partial charge is 0.384 e. The molecule has 1 aliphatic rings. The van der Waals surface area contributed by atoms with Crippen molar-refractivity contribution in [2.24, 2.45) is 16.7 Å². The van der Waals surface area contributed by atoms with E-state index in [0.717, 1.165) is 0 Å². The van der Waals surface area contributed by atoms with Crippen molar-refractivity contribution in [2.45, 2.75) is 52.6 Å². The third-order valence-electron chi connectivity index (χ3n) is 6.81. The van der Waals surface area contributed by atoms with E-state index in [1.807, 2.05) is 37.3 Å². The van der Waals surface area contributed by atoms with E-state index in [9.17, 15) is 20.0 Å². The number of hydrogen-bond acceptors (Lipinski definition) is 5. The Kier molecular flexibility index (Phi) is 6.75. The summed E-state index contributed by atoms with van der Waals surface area (Å²) in [5.74, 6) is 2.87. The Morgan fingerprint density at radius 3 is 2.35 bits per heavy atom. The van der Waals surface area contributed by atoms with Gasteiger partial charge in [-0.05, 0) is 55.5 Å². The van der Waals surface area contributed by atoms with E-state index in [1.165, 1.54) is 0 Å². The van der Waals surface area contributed by atoms with Crippen molar-refractivity contribution in [1.29, 1.82) is 5.26 Å². The van der Waals surface area contributed by atoms with E-state index >= 15 is 0 Å². The van der Waals surface area contributed by atoms with E-state index in [-0.39, 0.29) is 0 Å². The van der Waals surface area contributed by atoms with Crippen LogP contribution in [0.2, 0.25) is 0 Å². The third kappa shape index (κ3) is 4.50. The molecule has 0 spiro atoms. The summed E-state index contributed by atoms with van der Waals surface area (Å²) in [7, 11) is 0. The number of carboxylic acids is 1. The zero-order valence-corrected chi connectivity index (χ0v) is 20.1. The van der Waals surface area contributed by atoms with Crippen LogP contribution in [0.5, 0.6) is 11.5 Å². The Balaban J connectivity index is 1.94. The van der Waals surface area contributed by atoms with Crippen molar-refractivity contribution in [2.75, 3.05) is 0 Å². The second kappa shape index (κ2) is 9.23. The molecule has 1 fully saturated rings. The van der Waals surface area contributed by atoms with E-state index in [0.29, 0.717) is 23.5 Å². The number of esters is 1. The number of ether oxygens (including phenoxy) is 2. The first kappa shape index (κ1) is 24.9. The lowest BCUT2D eigenvalue weighted by molar-refractivity contribution is -0.149. The Bertz CT molecular complexity index is 1180. The predicted molar refractivity (Wildman–Crippen MR) is 127 cm³/mol. The van der Waals surface area contributed by atoms with Crippen LogP contribution in [0.25, 0.3) is 0 Å². The quantitative estimate of drug-likeness (QED) is 0.331. The number of benzene rings is 2. The standard InChI is InChI=1S/C28H29NO5/c1-6-26(2,3)34-24(30)16-15-23-27(4,5)28(23,25(31)32)22(18-29)19-11-10-14-21(17-19)33-20-12-8-7-9-13-20/h7-14,17,22-23H,6H2,1-5H3,(H,31,32)/t22-,23-,28+/m0/s1. The molecular weight excluding hydrogens is 430 g/mol. The fourth-order valence-corrected chi connectivity index (χ4v) is 4.45. The van der Waals surface area contributed by atoms with Gasteiger partial charge in [-0.3, -0.25) is 4.79 Å². The van der Waals surface area contributed by atoms with Gasteiger partial charge in [0.1, 0.15) is 22.5 Å². The summed E-state index contributed by atoms with van der Waals surface area (Å²) in [4.78, 5) is 24.9. The second-order valence-electron chi connectivity index (χ2n) is 9.65. The number of rotatable bonds is 7. The molecule has 0 radical (unpaired) electrons. The summed E-state index contributed by atoms with van der Waals surface area (Å²) in [5.41, 5.74) is -2.47. The molecule has 0 aliphatic heterocycles. The molecular formula is C28H29NO5. The average molecular weight is 460 g/mol. The monoisotopic (exact) mass is 459 g/mol. The van der Waals surface area contributed by atoms with Gasteiger partial charge in [-0.2, -0.15) is 5.26 Å². The van der Waals surface area contributed by atoms with Gasteiger partial charge in [0, 0.05) is 11.8 Å². The molecule has 2 aromatic rings. The molecule has 0 bridgehead atoms. The maximum absolute atomic E-state index is 12.6. The topological polar surface area (TPSA) is 96.6 Å². The van der Waals surface area contributed by atoms with Gasteiger partial charge in [0.2, 0.25) is 0 Å². The molecule has 1 N–H and O–H groups in total. The molecule has 6 nitrogen and oxygen atoms in total. The summed E-state index contributed by atoms with van der Waals surface area (Å²) >= 11 is 0. The lowest BCUT2D eigenvalue weighted by Gasteiger charge is -2.22. The number of carbonyl (C=O) groups is 2. The molecule has 1 saturated carbocycles. The first-order chi connectivity index (χ1) is 16.0. The molecule has 0 aromatic heterocycles. The van der Waals surface area contributed by atoms with E-state index < -0.39 is 40.2 Å². The number of carboxylic acid groups (broad SMARTS) is 1. The van der Waals surface area contributed by atoms with Crippen LogP contribution in [-0.2, 0) is 14.3 Å². The van der Waals surface area contributed by atoms with Gasteiger partial charge < -0.3 is 14.6 Å². The maximum atomic E-state index is 12.6. The fraction of sp³-hybridized carbons (Fsp3) is 0.393. The number of aliphatic carboxylic acids is 1. The van der Waals surface area contributed by atoms with Gasteiger partial charge in [-0.25, -0.2) is 4.79 Å². The third-order valence-corrected chi connectivity index (χ3v) is 6.81. The maximum Gasteiger partial charge on any atom is 0.384 e. The van der Waals surface area contributed by atoms with Crippen molar-refractivity contribution >= 4 is 11.9 Å². The van der Waals surface area contributed by atoms with Crippen LogP contribution >= 0.6 is 0 Å². The highest BCUT2D eigenvalue weighted by Crippen LogP contribution is 2.74. The molecule has 2 aromatic carbocycles. The summed E-state index contributed by atoms with van der Waals surface area (Å²) in [6, 6.07) is 18.3. The molecule has 3 rings (SSSR count). The van der Waals surface area contributed by atoms with Gasteiger partial charge in [0.25, 0.3) is 0 Å². The summed E-state index contributed by atoms with van der Waals surface area (Å²) < 4.78 is 11.2. The van der Waals surface area contributed by atoms with Crippen molar-refractivity contribution < 1.29 is 24.2 Å². The molecule has 0 heterocycles. The molecule has 0 saturated heterocycles. The van der Waals surface area contributed by atoms with Gasteiger partial charge >= 0.3 is 11.9 Å². The van der Waals surface area contributed by atoms with Crippen molar-refractivity contribution in [3.63, 3.8) is 0 Å². The molecule has 34 heavy (non-hydrogen) atoms. The van der Waals surface area contributed by atoms with Gasteiger partial charge in [0.05, 0.1) is 12.0 Å². The van der Waals surface area contributed by atoms with Crippen molar-refractivity contribution in [3.05, 3.63) is 60.2 Å². The second-order valence-corrected chi connectivity index (χ2v) is 9.65. The highest BCUT2D eigenvalue weighted by molar-refractivity contribution is 5.90. The predicted octanol–water partition coefficient (Wildman–Crippen LogP) is 5.55. The molecule has 0 unspecified atom stereocenters. The Morgan fingerprint density at radius 1 is 1.12 bits per heavy atom. The molecule has 0 amide bonds. The minimum absolute atomic E-state index is 0.496. The van der Waals surface area contributed by atoms with Crippen molar-refractivity contribution in [3.8, 4) is 29.4 Å². The highest BCUT2D eigenvalue weighted by Gasteiger charge is 2.79. The van der Waals surface area contributed by atoms with E-state index in [1.54, 1.807) is 52.0 Å². The van der Waals surface area contributed by atoms with Crippen LogP contribution in [0, 0.1) is 39.9 Å². The zero-order chi connectivity index (χ0) is 25.1. The molecule has 1 aliphatic carbocycles. The minimum atomic E-state index is -1.49. The summed E-state index contributed by atoms with van der Waals surface area (Å²) in [5, 5.41) is 20.4. The van der Waals surface area contributed by atoms with Gasteiger partial charge in [-0.1, -0.05) is 57.0 Å². The number of carbonyl (C=O) groups excluding carboxylic acids is 1. The Labute approximate surface area is 200 Å². The van der Waals surface area contributed by atoms with Gasteiger partial charge in [-0.15, -0.1) is 0 Å². The lowest BCUT2D eigenvalue weighted by atomic mass is 9.78. The molecule has 6 heteroatoms. The summed E-state index contributed by atoms with van der Waals surface area (Å²) in [6.07, 6.45) is 0.617. The van der Waals surface area contributed by atoms with Crippen molar-refractivity contribution in [1.82, 2.24) is 0 Å². The van der Waals surface area contributed by atoms with E-state index in [2.05, 4.69) is 17.9 Å². The van der Waals surface area contributed by atoms with Crippen LogP contribution < -0.4 is 4.74 Å². The SMILES string of the molecule is CCC(C)(C)OC(=O)C#C[C@H]1C(C)(C)[C@]1(C(=O)O)[C@@H](C#N)c1cccc(Oc2ccccc2)c1. The minimum Gasteiger partial charge on any atom is -0.481 e. The zero-order valence-electron chi connectivity index (χ0n) is 20.1.